The molecule has 0 spiro atoms. The van der Waals surface area contributed by atoms with Gasteiger partial charge < -0.3 is 4.74 Å². The molecule has 1 aliphatic carbocycles. The van der Waals surface area contributed by atoms with Crippen molar-refractivity contribution in [3.63, 3.8) is 0 Å². The first-order valence-electron chi connectivity index (χ1n) is 6.99. The number of carbonyl (C=O) groups excluding carboxylic acids is 1. The summed E-state index contributed by atoms with van der Waals surface area (Å²) in [4.78, 5) is 12.1. The van der Waals surface area contributed by atoms with E-state index in [1.54, 1.807) is 6.92 Å². The molecule has 1 N–H and O–H groups in total. The summed E-state index contributed by atoms with van der Waals surface area (Å²) in [6, 6.07) is 3.67. The maximum atomic E-state index is 14.0. The second-order valence-corrected chi connectivity index (χ2v) is 5.44. The van der Waals surface area contributed by atoms with Gasteiger partial charge in [0, 0.05) is 16.6 Å². The van der Waals surface area contributed by atoms with Crippen molar-refractivity contribution in [1.29, 1.82) is 0 Å². The molecule has 110 valence electrons. The van der Waals surface area contributed by atoms with Crippen LogP contribution in [0.3, 0.4) is 0 Å². The van der Waals surface area contributed by atoms with E-state index in [0.717, 1.165) is 25.7 Å². The number of hydrogen-bond donors (Lipinski definition) is 1. The van der Waals surface area contributed by atoms with Crippen molar-refractivity contribution in [2.45, 2.75) is 44.7 Å². The van der Waals surface area contributed by atoms with E-state index in [1.807, 2.05) is 0 Å². The van der Waals surface area contributed by atoms with Gasteiger partial charge in [0.1, 0.15) is 11.9 Å². The topological polar surface area (TPSA) is 38.3 Å². The van der Waals surface area contributed by atoms with Gasteiger partial charge in [0.25, 0.3) is 0 Å². The lowest BCUT2D eigenvalue weighted by Crippen LogP contribution is -2.37. The predicted molar refractivity (Wildman–Crippen MR) is 76.2 cm³/mol. The number of hydrogen-bond acceptors (Lipinski definition) is 3. The molecule has 3 nitrogen and oxygen atoms in total. The zero-order chi connectivity index (χ0) is 14.5. The molecule has 1 aromatic rings. The van der Waals surface area contributed by atoms with Crippen LogP contribution >= 0.6 is 11.6 Å². The van der Waals surface area contributed by atoms with Gasteiger partial charge in [-0.15, -0.1) is 0 Å². The highest BCUT2D eigenvalue weighted by Gasteiger charge is 2.29. The molecule has 0 heterocycles. The van der Waals surface area contributed by atoms with Gasteiger partial charge in [-0.1, -0.05) is 24.4 Å². The Morgan fingerprint density at radius 3 is 2.85 bits per heavy atom. The lowest BCUT2D eigenvalue weighted by molar-refractivity contribution is -0.146. The number of nitrogens with one attached hydrogen (secondary N) is 1. The van der Waals surface area contributed by atoms with Crippen LogP contribution in [-0.2, 0) is 9.53 Å². The van der Waals surface area contributed by atoms with Crippen LogP contribution in [0.1, 0.15) is 44.2 Å². The summed E-state index contributed by atoms with van der Waals surface area (Å²) in [5, 5.41) is 3.62. The fourth-order valence-corrected chi connectivity index (χ4v) is 2.75. The average molecular weight is 300 g/mol. The van der Waals surface area contributed by atoms with Crippen molar-refractivity contribution in [3.05, 3.63) is 34.6 Å². The summed E-state index contributed by atoms with van der Waals surface area (Å²) in [5.74, 6) is -0.904. The molecule has 1 unspecified atom stereocenters. The van der Waals surface area contributed by atoms with Crippen LogP contribution in [-0.4, -0.2) is 18.6 Å². The van der Waals surface area contributed by atoms with Gasteiger partial charge in [0.05, 0.1) is 6.61 Å². The van der Waals surface area contributed by atoms with Gasteiger partial charge in [-0.05, 0) is 38.0 Å². The quantitative estimate of drug-likeness (QED) is 0.844. The second-order valence-electron chi connectivity index (χ2n) is 5.00. The number of ether oxygens (including phenoxy) is 1. The molecule has 0 amide bonds. The summed E-state index contributed by atoms with van der Waals surface area (Å²) < 4.78 is 19.0. The highest BCUT2D eigenvalue weighted by Crippen LogP contribution is 2.26. The molecule has 0 aliphatic heterocycles. The molecule has 1 aliphatic rings. The summed E-state index contributed by atoms with van der Waals surface area (Å²) in [7, 11) is 0. The van der Waals surface area contributed by atoms with Crippen LogP contribution < -0.4 is 5.32 Å². The van der Waals surface area contributed by atoms with Gasteiger partial charge in [0.2, 0.25) is 0 Å². The fraction of sp³-hybridized carbons (Fsp3) is 0.533. The molecule has 0 bridgehead atoms. The number of rotatable bonds is 5. The normalized spacial score (nSPS) is 17.1. The Bertz CT molecular complexity index is 475. The van der Waals surface area contributed by atoms with E-state index in [4.69, 9.17) is 16.3 Å². The molecule has 5 heteroatoms. The maximum Gasteiger partial charge on any atom is 0.327 e. The van der Waals surface area contributed by atoms with Crippen molar-refractivity contribution in [2.75, 3.05) is 6.61 Å². The molecule has 1 atom stereocenters. The fourth-order valence-electron chi connectivity index (χ4n) is 2.57. The van der Waals surface area contributed by atoms with Gasteiger partial charge in [-0.25, -0.2) is 9.18 Å². The van der Waals surface area contributed by atoms with Crippen molar-refractivity contribution >= 4 is 17.6 Å². The Morgan fingerprint density at radius 1 is 1.50 bits per heavy atom. The van der Waals surface area contributed by atoms with Gasteiger partial charge in [0.15, 0.2) is 0 Å². The Hall–Kier alpha value is -1.13. The SMILES string of the molecule is CCOC(=O)C(NC1CCCC1)c1cc(Cl)ccc1F. The Morgan fingerprint density at radius 2 is 2.20 bits per heavy atom. The highest BCUT2D eigenvalue weighted by atomic mass is 35.5. The van der Waals surface area contributed by atoms with Crippen molar-refractivity contribution in [3.8, 4) is 0 Å². The molecule has 1 fully saturated rings. The zero-order valence-electron chi connectivity index (χ0n) is 11.5. The van der Waals surface area contributed by atoms with E-state index in [1.165, 1.54) is 18.2 Å². The molecule has 20 heavy (non-hydrogen) atoms. The molecular weight excluding hydrogens is 281 g/mol. The molecule has 0 saturated heterocycles. The first kappa shape index (κ1) is 15.3. The van der Waals surface area contributed by atoms with E-state index in [2.05, 4.69) is 5.32 Å². The maximum absolute atomic E-state index is 14.0. The minimum atomic E-state index is -0.795. The largest absolute Gasteiger partial charge is 0.465 e. The third kappa shape index (κ3) is 3.70. The number of benzene rings is 1. The van der Waals surface area contributed by atoms with Crippen molar-refractivity contribution in [1.82, 2.24) is 5.32 Å². The summed E-state index contributed by atoms with van der Waals surface area (Å²) in [5.41, 5.74) is 0.253. The van der Waals surface area contributed by atoms with Crippen LogP contribution in [0.4, 0.5) is 4.39 Å². The Kier molecular flexibility index (Phi) is 5.38. The van der Waals surface area contributed by atoms with E-state index in [0.29, 0.717) is 5.02 Å². The molecule has 0 radical (unpaired) electrons. The summed E-state index contributed by atoms with van der Waals surface area (Å²) in [6.07, 6.45) is 4.26. The van der Waals surface area contributed by atoms with Crippen molar-refractivity contribution in [2.24, 2.45) is 0 Å². The van der Waals surface area contributed by atoms with Gasteiger partial charge >= 0.3 is 5.97 Å². The third-order valence-corrected chi connectivity index (χ3v) is 3.78. The molecular formula is C15H19ClFNO2. The van der Waals surface area contributed by atoms with Crippen molar-refractivity contribution < 1.29 is 13.9 Å². The van der Waals surface area contributed by atoms with E-state index >= 15 is 0 Å². The van der Waals surface area contributed by atoms with Crippen LogP contribution in [0, 0.1) is 5.82 Å². The zero-order valence-corrected chi connectivity index (χ0v) is 12.3. The number of carbonyl (C=O) groups is 1. The average Bonchev–Trinajstić information content (AvgIpc) is 2.92. The number of esters is 1. The molecule has 1 aromatic carbocycles. The van der Waals surface area contributed by atoms with Gasteiger partial charge in [-0.3, -0.25) is 5.32 Å². The summed E-state index contributed by atoms with van der Waals surface area (Å²) >= 11 is 5.91. The van der Waals surface area contributed by atoms with Crippen LogP contribution in [0.5, 0.6) is 0 Å². The van der Waals surface area contributed by atoms with E-state index < -0.39 is 17.8 Å². The first-order chi connectivity index (χ1) is 9.61. The first-order valence-corrected chi connectivity index (χ1v) is 7.37. The van der Waals surface area contributed by atoms with Crippen LogP contribution in [0.15, 0.2) is 18.2 Å². The lowest BCUT2D eigenvalue weighted by Gasteiger charge is -2.22. The predicted octanol–water partition coefficient (Wildman–Crippen LogP) is 3.62. The minimum Gasteiger partial charge on any atom is -0.465 e. The monoisotopic (exact) mass is 299 g/mol. The second kappa shape index (κ2) is 7.04. The smallest absolute Gasteiger partial charge is 0.327 e. The minimum absolute atomic E-state index is 0.225. The third-order valence-electron chi connectivity index (χ3n) is 3.55. The standard InChI is InChI=1S/C15H19ClFNO2/c1-2-20-15(19)14(18-11-5-3-4-6-11)12-9-10(16)7-8-13(12)17/h7-9,11,14,18H,2-6H2,1H3. The molecule has 1 saturated carbocycles. The molecule has 2 rings (SSSR count). The van der Waals surface area contributed by atoms with Crippen LogP contribution in [0.25, 0.3) is 0 Å². The Labute approximate surface area is 123 Å². The van der Waals surface area contributed by atoms with Crippen LogP contribution in [0.2, 0.25) is 5.02 Å². The highest BCUT2D eigenvalue weighted by molar-refractivity contribution is 6.30. The van der Waals surface area contributed by atoms with E-state index in [-0.39, 0.29) is 18.2 Å². The molecule has 0 aromatic heterocycles. The number of halogens is 2. The van der Waals surface area contributed by atoms with E-state index in [9.17, 15) is 9.18 Å². The lowest BCUT2D eigenvalue weighted by atomic mass is 10.0. The summed E-state index contributed by atoms with van der Waals surface area (Å²) in [6.45, 7) is 2.00. The Balaban J connectivity index is 2.24. The van der Waals surface area contributed by atoms with Gasteiger partial charge in [-0.2, -0.15) is 0 Å².